The van der Waals surface area contributed by atoms with Crippen molar-refractivity contribution < 1.29 is 14.4 Å². The number of nitrogens with zero attached hydrogens (tertiary/aromatic N) is 2. The Morgan fingerprint density at radius 1 is 1.20 bits per heavy atom. The zero-order valence-corrected chi connectivity index (χ0v) is 18.6. The van der Waals surface area contributed by atoms with Gasteiger partial charge in [0.05, 0.1) is 0 Å². The SMILES string of the molecule is CN1CCC(C2CC(C(N)ONCC3CCN(C(=O)OC4(C)CC4)CC3)CCN2)N1. The number of nitrogens with two attached hydrogens (primary N) is 1. The summed E-state index contributed by atoms with van der Waals surface area (Å²) in [4.78, 5) is 19.9. The normalized spacial score (nSPS) is 33.4. The smallest absolute Gasteiger partial charge is 0.410 e. The summed E-state index contributed by atoms with van der Waals surface area (Å²) in [6.07, 6.45) is 6.72. The molecule has 0 aromatic carbocycles. The van der Waals surface area contributed by atoms with Crippen LogP contribution in [0, 0.1) is 11.8 Å². The summed E-state index contributed by atoms with van der Waals surface area (Å²) in [7, 11) is 2.10. The second-order valence-corrected chi connectivity index (χ2v) is 9.97. The molecule has 30 heavy (non-hydrogen) atoms. The Morgan fingerprint density at radius 2 is 1.97 bits per heavy atom. The van der Waals surface area contributed by atoms with Crippen LogP contribution < -0.4 is 22.0 Å². The summed E-state index contributed by atoms with van der Waals surface area (Å²) in [6, 6.07) is 0.933. The molecule has 4 unspecified atom stereocenters. The van der Waals surface area contributed by atoms with Crippen LogP contribution in [0.15, 0.2) is 0 Å². The van der Waals surface area contributed by atoms with Crippen LogP contribution in [0.25, 0.3) is 0 Å². The van der Waals surface area contributed by atoms with Crippen molar-refractivity contribution in [1.82, 2.24) is 26.1 Å². The van der Waals surface area contributed by atoms with E-state index in [-0.39, 0.29) is 17.9 Å². The molecule has 0 radical (unpaired) electrons. The van der Waals surface area contributed by atoms with Crippen LogP contribution in [0.2, 0.25) is 0 Å². The highest BCUT2D eigenvalue weighted by Crippen LogP contribution is 2.39. The van der Waals surface area contributed by atoms with Crippen molar-refractivity contribution in [2.45, 2.75) is 75.8 Å². The maximum absolute atomic E-state index is 12.2. The Hall–Kier alpha value is -0.970. The van der Waals surface area contributed by atoms with Gasteiger partial charge >= 0.3 is 6.09 Å². The van der Waals surface area contributed by atoms with Gasteiger partial charge in [-0.1, -0.05) is 0 Å². The fraction of sp³-hybridized carbons (Fsp3) is 0.952. The molecule has 1 aliphatic carbocycles. The van der Waals surface area contributed by atoms with Gasteiger partial charge in [-0.15, -0.1) is 0 Å². The number of nitrogens with one attached hydrogen (secondary N) is 3. The van der Waals surface area contributed by atoms with Gasteiger partial charge in [0.1, 0.15) is 11.8 Å². The number of hydroxylamine groups is 1. The topological polar surface area (TPSA) is 104 Å². The summed E-state index contributed by atoms with van der Waals surface area (Å²) in [5, 5.41) is 5.81. The molecule has 0 aromatic heterocycles. The van der Waals surface area contributed by atoms with Crippen LogP contribution in [0.5, 0.6) is 0 Å². The first-order valence-electron chi connectivity index (χ1n) is 11.7. The molecule has 3 aliphatic heterocycles. The Bertz CT molecular complexity index is 581. The van der Waals surface area contributed by atoms with Gasteiger partial charge in [0, 0.05) is 51.2 Å². The minimum atomic E-state index is -0.289. The summed E-state index contributed by atoms with van der Waals surface area (Å²) >= 11 is 0. The minimum Gasteiger partial charge on any atom is -0.443 e. The Morgan fingerprint density at radius 3 is 2.63 bits per heavy atom. The largest absolute Gasteiger partial charge is 0.443 e. The molecule has 9 nitrogen and oxygen atoms in total. The van der Waals surface area contributed by atoms with E-state index in [1.807, 2.05) is 11.8 Å². The second kappa shape index (κ2) is 9.67. The third-order valence-corrected chi connectivity index (χ3v) is 7.34. The van der Waals surface area contributed by atoms with Crippen molar-refractivity contribution >= 4 is 6.09 Å². The third-order valence-electron chi connectivity index (χ3n) is 7.34. The van der Waals surface area contributed by atoms with Gasteiger partial charge in [-0.3, -0.25) is 10.3 Å². The lowest BCUT2D eigenvalue weighted by atomic mass is 9.87. The fourth-order valence-electron chi connectivity index (χ4n) is 4.85. The highest BCUT2D eigenvalue weighted by atomic mass is 16.7. The average Bonchev–Trinajstić information content (AvgIpc) is 3.30. The minimum absolute atomic E-state index is 0.150. The van der Waals surface area contributed by atoms with Crippen LogP contribution in [0.4, 0.5) is 4.79 Å². The van der Waals surface area contributed by atoms with Gasteiger partial charge in [0.15, 0.2) is 0 Å². The number of rotatable bonds is 7. The van der Waals surface area contributed by atoms with E-state index in [4.69, 9.17) is 15.3 Å². The summed E-state index contributed by atoms with van der Waals surface area (Å²) in [5.41, 5.74) is 12.8. The Labute approximate surface area is 180 Å². The number of ether oxygens (including phenoxy) is 1. The second-order valence-electron chi connectivity index (χ2n) is 9.97. The lowest BCUT2D eigenvalue weighted by molar-refractivity contribution is -0.0684. The first kappa shape index (κ1) is 22.2. The van der Waals surface area contributed by atoms with Crippen molar-refractivity contribution in [3.63, 3.8) is 0 Å². The van der Waals surface area contributed by atoms with E-state index in [0.717, 1.165) is 71.2 Å². The van der Waals surface area contributed by atoms with E-state index in [9.17, 15) is 4.79 Å². The summed E-state index contributed by atoms with van der Waals surface area (Å²) in [6.45, 7) is 6.38. The highest BCUT2D eigenvalue weighted by molar-refractivity contribution is 5.68. The van der Waals surface area contributed by atoms with Crippen LogP contribution in [0.1, 0.15) is 51.9 Å². The van der Waals surface area contributed by atoms with Gasteiger partial charge in [0.25, 0.3) is 0 Å². The molecule has 0 bridgehead atoms. The molecule has 4 aliphatic rings. The maximum Gasteiger partial charge on any atom is 0.410 e. The van der Waals surface area contributed by atoms with Crippen LogP contribution >= 0.6 is 0 Å². The molecule has 1 amide bonds. The molecule has 5 N–H and O–H groups in total. The summed E-state index contributed by atoms with van der Waals surface area (Å²) < 4.78 is 5.57. The van der Waals surface area contributed by atoms with Crippen molar-refractivity contribution in [1.29, 1.82) is 0 Å². The summed E-state index contributed by atoms with van der Waals surface area (Å²) in [5.74, 6) is 0.855. The molecule has 172 valence electrons. The highest BCUT2D eigenvalue weighted by Gasteiger charge is 2.43. The van der Waals surface area contributed by atoms with Gasteiger partial charge in [-0.2, -0.15) is 0 Å². The third kappa shape index (κ3) is 5.83. The van der Waals surface area contributed by atoms with Crippen molar-refractivity contribution in [2.75, 3.05) is 39.8 Å². The van der Waals surface area contributed by atoms with Crippen molar-refractivity contribution in [3.05, 3.63) is 0 Å². The quantitative estimate of drug-likeness (QED) is 0.351. The standard InChI is InChI=1S/C21H40N6O3/c1-21(7-8-21)29-20(28)27-11-4-15(5-12-27)14-24-30-19(22)16-3-9-23-18(13-16)17-6-10-26(2)25-17/h15-19,23-25H,3-14,22H2,1-2H3. The average molecular weight is 425 g/mol. The molecule has 4 rings (SSSR count). The molecular weight excluding hydrogens is 384 g/mol. The number of carbonyl (C=O) groups is 1. The van der Waals surface area contributed by atoms with E-state index >= 15 is 0 Å². The number of amides is 1. The van der Waals surface area contributed by atoms with Gasteiger partial charge < -0.3 is 20.7 Å². The zero-order valence-electron chi connectivity index (χ0n) is 18.6. The molecule has 0 aromatic rings. The van der Waals surface area contributed by atoms with Gasteiger partial charge in [-0.05, 0) is 64.3 Å². The van der Waals surface area contributed by atoms with Crippen LogP contribution in [-0.4, -0.2) is 79.7 Å². The van der Waals surface area contributed by atoms with E-state index in [1.54, 1.807) is 0 Å². The van der Waals surface area contributed by atoms with Gasteiger partial charge in [0.2, 0.25) is 0 Å². The number of hydrogen-bond donors (Lipinski definition) is 4. The molecular formula is C21H40N6O3. The van der Waals surface area contributed by atoms with Gasteiger partial charge in [-0.25, -0.2) is 15.3 Å². The van der Waals surface area contributed by atoms with Crippen LogP contribution in [-0.2, 0) is 9.57 Å². The van der Waals surface area contributed by atoms with Crippen LogP contribution in [0.3, 0.4) is 0 Å². The van der Waals surface area contributed by atoms with E-state index < -0.39 is 0 Å². The first-order chi connectivity index (χ1) is 14.4. The number of hydrazine groups is 1. The Kier molecular flexibility index (Phi) is 7.16. The van der Waals surface area contributed by atoms with E-state index in [0.29, 0.717) is 23.9 Å². The first-order valence-corrected chi connectivity index (χ1v) is 11.7. The number of hydrogen-bond acceptors (Lipinski definition) is 8. The van der Waals surface area contributed by atoms with Crippen molar-refractivity contribution in [2.24, 2.45) is 17.6 Å². The van der Waals surface area contributed by atoms with E-state index in [2.05, 4.69) is 28.3 Å². The zero-order chi connectivity index (χ0) is 21.1. The molecule has 3 heterocycles. The lowest BCUT2D eigenvalue weighted by Crippen LogP contribution is -2.54. The number of likely N-dealkylation sites (tertiary alicyclic amines) is 1. The molecule has 1 saturated carbocycles. The number of carbonyl (C=O) groups excluding carboxylic acids is 1. The predicted molar refractivity (Wildman–Crippen MR) is 114 cm³/mol. The molecule has 0 spiro atoms. The molecule has 9 heteroatoms. The molecule has 4 fully saturated rings. The monoisotopic (exact) mass is 424 g/mol. The molecule has 3 saturated heterocycles. The van der Waals surface area contributed by atoms with E-state index in [1.165, 1.54) is 6.42 Å². The fourth-order valence-corrected chi connectivity index (χ4v) is 4.85. The maximum atomic E-state index is 12.2. The number of piperidine rings is 2. The lowest BCUT2D eigenvalue weighted by Gasteiger charge is -2.36. The Balaban J connectivity index is 1.11. The molecule has 4 atom stereocenters. The van der Waals surface area contributed by atoms with Crippen molar-refractivity contribution in [3.8, 4) is 0 Å². The predicted octanol–water partition coefficient (Wildman–Crippen LogP) is 0.770.